The van der Waals surface area contributed by atoms with Crippen molar-refractivity contribution in [3.05, 3.63) is 15.6 Å². The molecule has 0 bridgehead atoms. The Bertz CT molecular complexity index is 519. The van der Waals surface area contributed by atoms with Gasteiger partial charge in [-0.3, -0.25) is 4.99 Å². The van der Waals surface area contributed by atoms with Gasteiger partial charge in [-0.25, -0.2) is 4.98 Å². The van der Waals surface area contributed by atoms with Crippen LogP contribution in [0.15, 0.2) is 4.99 Å². The summed E-state index contributed by atoms with van der Waals surface area (Å²) in [5.41, 5.74) is 1.16. The number of aliphatic imine (C=N–C) groups is 1. The second-order valence-electron chi connectivity index (χ2n) is 5.98. The molecular weight excluding hydrogens is 451 g/mol. The van der Waals surface area contributed by atoms with E-state index in [1.165, 1.54) is 29.9 Å². The molecular formula is C17H31IN4S2. The lowest BCUT2D eigenvalue weighted by Gasteiger charge is -2.17. The molecule has 0 amide bonds. The molecule has 2 unspecified atom stereocenters. The molecule has 1 aromatic heterocycles. The van der Waals surface area contributed by atoms with Crippen molar-refractivity contribution in [2.24, 2.45) is 4.99 Å². The van der Waals surface area contributed by atoms with Crippen LogP contribution in [-0.4, -0.2) is 41.1 Å². The Hall–Kier alpha value is -0.0200. The Balaban J connectivity index is 0.00000288. The van der Waals surface area contributed by atoms with Crippen LogP contribution in [0.2, 0.25) is 0 Å². The zero-order chi connectivity index (χ0) is 16.7. The van der Waals surface area contributed by atoms with Crippen molar-refractivity contribution < 1.29 is 0 Å². The largest absolute Gasteiger partial charge is 0.357 e. The molecule has 0 aliphatic heterocycles. The van der Waals surface area contributed by atoms with E-state index in [9.17, 15) is 0 Å². The van der Waals surface area contributed by atoms with Gasteiger partial charge >= 0.3 is 0 Å². The number of thiazole rings is 1. The lowest BCUT2D eigenvalue weighted by molar-refractivity contribution is 0.615. The number of aryl methyl sites for hydroxylation is 2. The summed E-state index contributed by atoms with van der Waals surface area (Å²) < 4.78 is 0. The van der Waals surface area contributed by atoms with Crippen LogP contribution in [0.4, 0.5) is 0 Å². The number of guanidine groups is 1. The Labute approximate surface area is 172 Å². The molecule has 138 valence electrons. The molecule has 1 heterocycles. The summed E-state index contributed by atoms with van der Waals surface area (Å²) >= 11 is 3.89. The van der Waals surface area contributed by atoms with Crippen molar-refractivity contribution in [2.75, 3.05) is 18.8 Å². The summed E-state index contributed by atoms with van der Waals surface area (Å²) in [5, 5.41) is 8.98. The minimum atomic E-state index is 0. The molecule has 1 aliphatic rings. The molecule has 0 aromatic carbocycles. The standard InChI is InChI=1S/C17H30N4S2.HI/c1-5-18-17(21-14-7-8-15(11-14)22-6-2)19-10-9-16-12(3)20-13(4)23-16;/h14-15H,5-11H2,1-4H3,(H2,18,19,21);1H. The minimum absolute atomic E-state index is 0. The zero-order valence-corrected chi connectivity index (χ0v) is 19.2. The quantitative estimate of drug-likeness (QED) is 0.348. The fourth-order valence-electron chi connectivity index (χ4n) is 3.05. The van der Waals surface area contributed by atoms with E-state index in [-0.39, 0.29) is 24.0 Å². The van der Waals surface area contributed by atoms with Gasteiger partial charge in [0.2, 0.25) is 0 Å². The van der Waals surface area contributed by atoms with E-state index >= 15 is 0 Å². The summed E-state index contributed by atoms with van der Waals surface area (Å²) in [7, 11) is 0. The van der Waals surface area contributed by atoms with Crippen LogP contribution in [0.25, 0.3) is 0 Å². The predicted molar refractivity (Wildman–Crippen MR) is 119 cm³/mol. The SMILES string of the molecule is CCNC(=NCCc1sc(C)nc1C)NC1CCC(SCC)C1.I. The first-order chi connectivity index (χ1) is 11.1. The average Bonchev–Trinajstić information content (AvgIpc) is 3.06. The van der Waals surface area contributed by atoms with Crippen molar-refractivity contribution in [3.63, 3.8) is 0 Å². The monoisotopic (exact) mass is 482 g/mol. The number of nitrogens with one attached hydrogen (secondary N) is 2. The van der Waals surface area contributed by atoms with Crippen LogP contribution in [-0.2, 0) is 6.42 Å². The van der Waals surface area contributed by atoms with Gasteiger partial charge in [-0.1, -0.05) is 6.92 Å². The lowest BCUT2D eigenvalue weighted by atomic mass is 10.2. The van der Waals surface area contributed by atoms with Crippen molar-refractivity contribution in [1.29, 1.82) is 0 Å². The second-order valence-corrected chi connectivity index (χ2v) is 8.85. The fourth-order valence-corrected chi connectivity index (χ4v) is 5.11. The molecule has 0 spiro atoms. The second kappa shape index (κ2) is 11.6. The minimum Gasteiger partial charge on any atom is -0.357 e. The van der Waals surface area contributed by atoms with Gasteiger partial charge in [0, 0.05) is 35.7 Å². The van der Waals surface area contributed by atoms with E-state index in [1.807, 2.05) is 0 Å². The van der Waals surface area contributed by atoms with Crippen molar-refractivity contribution in [2.45, 2.75) is 64.7 Å². The van der Waals surface area contributed by atoms with Crippen LogP contribution in [0, 0.1) is 13.8 Å². The van der Waals surface area contributed by atoms with Crippen LogP contribution in [0.1, 0.15) is 48.7 Å². The van der Waals surface area contributed by atoms with Gasteiger partial charge in [-0.05, 0) is 45.8 Å². The van der Waals surface area contributed by atoms with Gasteiger partial charge in [0.05, 0.1) is 10.7 Å². The third kappa shape index (κ3) is 7.07. The molecule has 1 aliphatic carbocycles. The molecule has 2 rings (SSSR count). The molecule has 24 heavy (non-hydrogen) atoms. The van der Waals surface area contributed by atoms with E-state index in [2.05, 4.69) is 55.1 Å². The van der Waals surface area contributed by atoms with Gasteiger partial charge in [0.1, 0.15) is 0 Å². The third-order valence-corrected chi connectivity index (χ3v) is 6.45. The number of aromatic nitrogens is 1. The van der Waals surface area contributed by atoms with Crippen LogP contribution in [0.3, 0.4) is 0 Å². The van der Waals surface area contributed by atoms with Crippen molar-refractivity contribution >= 4 is 53.0 Å². The first-order valence-corrected chi connectivity index (χ1v) is 10.6. The molecule has 0 radical (unpaired) electrons. The van der Waals surface area contributed by atoms with Crippen LogP contribution >= 0.6 is 47.1 Å². The molecule has 1 aromatic rings. The van der Waals surface area contributed by atoms with Gasteiger partial charge < -0.3 is 10.6 Å². The topological polar surface area (TPSA) is 49.3 Å². The maximum atomic E-state index is 4.76. The Morgan fingerprint density at radius 2 is 2.12 bits per heavy atom. The first-order valence-electron chi connectivity index (χ1n) is 8.71. The highest BCUT2D eigenvalue weighted by atomic mass is 127. The number of thioether (sulfide) groups is 1. The summed E-state index contributed by atoms with van der Waals surface area (Å²) in [6.07, 6.45) is 4.83. The smallest absolute Gasteiger partial charge is 0.191 e. The fraction of sp³-hybridized carbons (Fsp3) is 0.765. The van der Waals surface area contributed by atoms with Gasteiger partial charge in [-0.2, -0.15) is 11.8 Å². The van der Waals surface area contributed by atoms with Gasteiger partial charge in [0.15, 0.2) is 5.96 Å². The van der Waals surface area contributed by atoms with Gasteiger partial charge in [0.25, 0.3) is 0 Å². The number of halogens is 1. The molecule has 7 heteroatoms. The van der Waals surface area contributed by atoms with Gasteiger partial charge in [-0.15, -0.1) is 35.3 Å². The molecule has 0 saturated heterocycles. The normalized spacial score (nSPS) is 20.8. The van der Waals surface area contributed by atoms with E-state index < -0.39 is 0 Å². The summed E-state index contributed by atoms with van der Waals surface area (Å²) in [6, 6.07) is 0.573. The maximum Gasteiger partial charge on any atom is 0.191 e. The highest BCUT2D eigenvalue weighted by Crippen LogP contribution is 2.29. The predicted octanol–water partition coefficient (Wildman–Crippen LogP) is 4.15. The van der Waals surface area contributed by atoms with E-state index in [4.69, 9.17) is 4.99 Å². The van der Waals surface area contributed by atoms with Crippen LogP contribution < -0.4 is 10.6 Å². The third-order valence-electron chi connectivity index (χ3n) is 4.08. The Morgan fingerprint density at radius 1 is 1.33 bits per heavy atom. The molecule has 1 saturated carbocycles. The highest BCUT2D eigenvalue weighted by molar-refractivity contribution is 14.0. The molecule has 2 N–H and O–H groups in total. The molecule has 1 fully saturated rings. The maximum absolute atomic E-state index is 4.76. The summed E-state index contributed by atoms with van der Waals surface area (Å²) in [6.45, 7) is 10.3. The van der Waals surface area contributed by atoms with Crippen molar-refractivity contribution in [1.82, 2.24) is 15.6 Å². The lowest BCUT2D eigenvalue weighted by Crippen LogP contribution is -2.42. The number of nitrogens with zero attached hydrogens (tertiary/aromatic N) is 2. The number of hydrogen-bond donors (Lipinski definition) is 2. The average molecular weight is 483 g/mol. The van der Waals surface area contributed by atoms with Crippen molar-refractivity contribution in [3.8, 4) is 0 Å². The molecule has 4 nitrogen and oxygen atoms in total. The van der Waals surface area contributed by atoms with E-state index in [1.54, 1.807) is 11.3 Å². The number of rotatable bonds is 7. The molecule has 2 atom stereocenters. The summed E-state index contributed by atoms with van der Waals surface area (Å²) in [4.78, 5) is 10.6. The zero-order valence-electron chi connectivity index (χ0n) is 15.2. The first kappa shape index (κ1) is 22.0. The highest BCUT2D eigenvalue weighted by Gasteiger charge is 2.25. The summed E-state index contributed by atoms with van der Waals surface area (Å²) in [5.74, 6) is 2.19. The van der Waals surface area contributed by atoms with E-state index in [0.717, 1.165) is 41.4 Å². The van der Waals surface area contributed by atoms with Crippen LogP contribution in [0.5, 0.6) is 0 Å². The Kier molecular flexibility index (Phi) is 10.6. The Morgan fingerprint density at radius 3 is 2.75 bits per heavy atom. The van der Waals surface area contributed by atoms with E-state index in [0.29, 0.717) is 6.04 Å². The number of hydrogen-bond acceptors (Lipinski definition) is 4.